The highest BCUT2D eigenvalue weighted by molar-refractivity contribution is 6.12. The van der Waals surface area contributed by atoms with Gasteiger partial charge in [-0.1, -0.05) is 13.8 Å². The monoisotopic (exact) mass is 342 g/mol. The maximum absolute atomic E-state index is 13.2. The van der Waals surface area contributed by atoms with Gasteiger partial charge in [0.25, 0.3) is 0 Å². The van der Waals surface area contributed by atoms with E-state index in [-0.39, 0.29) is 23.8 Å². The molecule has 3 rings (SSSR count). The lowest BCUT2D eigenvalue weighted by Crippen LogP contribution is -1.98. The average Bonchev–Trinajstić information content (AvgIpc) is 2.97. The summed E-state index contributed by atoms with van der Waals surface area (Å²) in [6.07, 6.45) is 1.09. The minimum absolute atomic E-state index is 0.0439. The molecule has 0 saturated heterocycles. The molecule has 0 spiro atoms. The molecular weight excluding hydrogens is 323 g/mol. The molecule has 2 aromatic carbocycles. The zero-order chi connectivity index (χ0) is 18.0. The van der Waals surface area contributed by atoms with Crippen LogP contribution in [-0.4, -0.2) is 17.5 Å². The molecule has 0 atom stereocenters. The van der Waals surface area contributed by atoms with Crippen LogP contribution in [0.4, 0.5) is 4.39 Å². The number of hydrogen-bond acceptors (Lipinski definition) is 4. The van der Waals surface area contributed by atoms with E-state index >= 15 is 0 Å². The van der Waals surface area contributed by atoms with E-state index in [4.69, 9.17) is 9.15 Å². The third-order valence-electron chi connectivity index (χ3n) is 3.94. The number of Topliss-reactive ketones (excluding diaryl/α,β-unsaturated/α-hetero) is 1. The number of halogens is 1. The van der Waals surface area contributed by atoms with Gasteiger partial charge in [-0.15, -0.1) is 0 Å². The minimum atomic E-state index is -0.365. The number of benzene rings is 2. The first-order chi connectivity index (χ1) is 12.0. The van der Waals surface area contributed by atoms with E-state index in [1.54, 1.807) is 25.1 Å². The van der Waals surface area contributed by atoms with Gasteiger partial charge in [-0.05, 0) is 36.8 Å². The van der Waals surface area contributed by atoms with Crippen molar-refractivity contribution in [3.63, 3.8) is 0 Å². The molecule has 0 unspecified atom stereocenters. The number of phenolic OH excluding ortho intramolecular Hbond substituents is 1. The third kappa shape index (κ3) is 3.22. The molecule has 0 bridgehead atoms. The molecule has 3 aromatic rings. The van der Waals surface area contributed by atoms with E-state index < -0.39 is 0 Å². The lowest BCUT2D eigenvalue weighted by Gasteiger charge is -2.06. The van der Waals surface area contributed by atoms with Crippen molar-refractivity contribution in [2.75, 3.05) is 6.61 Å². The standard InChI is InChI=1S/C20H19FO4/c1-3-9-24-18-11-17-14(10-16(18)23)19(15(22)4-2)20(25-17)12-5-7-13(21)8-6-12/h5-8,10-11,23H,3-4,9H2,1-2H3. The van der Waals surface area contributed by atoms with E-state index in [1.807, 2.05) is 6.92 Å². The van der Waals surface area contributed by atoms with E-state index in [0.717, 1.165) is 6.42 Å². The summed E-state index contributed by atoms with van der Waals surface area (Å²) >= 11 is 0. The first-order valence-electron chi connectivity index (χ1n) is 8.26. The second-order valence-corrected chi connectivity index (χ2v) is 5.75. The highest BCUT2D eigenvalue weighted by Crippen LogP contribution is 2.40. The first kappa shape index (κ1) is 17.0. The number of carbonyl (C=O) groups is 1. The maximum Gasteiger partial charge on any atom is 0.167 e. The summed E-state index contributed by atoms with van der Waals surface area (Å²) in [7, 11) is 0. The molecule has 0 fully saturated rings. The van der Waals surface area contributed by atoms with Gasteiger partial charge >= 0.3 is 0 Å². The number of hydrogen-bond donors (Lipinski definition) is 1. The minimum Gasteiger partial charge on any atom is -0.504 e. The Balaban J connectivity index is 2.21. The van der Waals surface area contributed by atoms with Crippen LogP contribution in [0.2, 0.25) is 0 Å². The first-order valence-corrected chi connectivity index (χ1v) is 8.26. The second kappa shape index (κ2) is 6.97. The van der Waals surface area contributed by atoms with Crippen molar-refractivity contribution in [1.29, 1.82) is 0 Å². The molecule has 5 heteroatoms. The molecule has 0 aliphatic carbocycles. The molecule has 1 heterocycles. The Kier molecular flexibility index (Phi) is 4.74. The maximum atomic E-state index is 13.2. The van der Waals surface area contributed by atoms with Gasteiger partial charge in [-0.25, -0.2) is 4.39 Å². The molecule has 0 aliphatic heterocycles. The Morgan fingerprint density at radius 3 is 2.56 bits per heavy atom. The van der Waals surface area contributed by atoms with Gasteiger partial charge in [-0.2, -0.15) is 0 Å². The van der Waals surface area contributed by atoms with Crippen molar-refractivity contribution in [2.45, 2.75) is 26.7 Å². The topological polar surface area (TPSA) is 59.7 Å². The summed E-state index contributed by atoms with van der Waals surface area (Å²) in [5, 5.41) is 10.7. The van der Waals surface area contributed by atoms with Crippen molar-refractivity contribution < 1.29 is 23.4 Å². The van der Waals surface area contributed by atoms with Gasteiger partial charge in [0, 0.05) is 23.4 Å². The fourth-order valence-corrected chi connectivity index (χ4v) is 2.70. The van der Waals surface area contributed by atoms with Crippen LogP contribution in [0.5, 0.6) is 11.5 Å². The van der Waals surface area contributed by atoms with Crippen LogP contribution in [0, 0.1) is 5.82 Å². The highest BCUT2D eigenvalue weighted by atomic mass is 19.1. The summed E-state index contributed by atoms with van der Waals surface area (Å²) < 4.78 is 24.6. The number of carbonyl (C=O) groups excluding carboxylic acids is 1. The molecule has 4 nitrogen and oxygen atoms in total. The second-order valence-electron chi connectivity index (χ2n) is 5.75. The number of rotatable bonds is 6. The van der Waals surface area contributed by atoms with Crippen molar-refractivity contribution in [2.24, 2.45) is 0 Å². The fourth-order valence-electron chi connectivity index (χ4n) is 2.70. The summed E-state index contributed by atoms with van der Waals surface area (Å²) in [6.45, 7) is 4.19. The fraction of sp³-hybridized carbons (Fsp3) is 0.250. The predicted molar refractivity (Wildman–Crippen MR) is 93.7 cm³/mol. The number of ether oxygens (including phenoxy) is 1. The van der Waals surface area contributed by atoms with Gasteiger partial charge in [0.15, 0.2) is 17.3 Å². The van der Waals surface area contributed by atoms with Crippen molar-refractivity contribution >= 4 is 16.8 Å². The van der Waals surface area contributed by atoms with E-state index in [0.29, 0.717) is 40.2 Å². The van der Waals surface area contributed by atoms with E-state index in [9.17, 15) is 14.3 Å². The van der Waals surface area contributed by atoms with Crippen LogP contribution in [0.1, 0.15) is 37.0 Å². The van der Waals surface area contributed by atoms with Gasteiger partial charge in [0.1, 0.15) is 17.2 Å². The van der Waals surface area contributed by atoms with Crippen LogP contribution in [-0.2, 0) is 0 Å². The summed E-state index contributed by atoms with van der Waals surface area (Å²) in [6, 6.07) is 8.83. The summed E-state index contributed by atoms with van der Waals surface area (Å²) in [5.41, 5.74) is 1.44. The summed E-state index contributed by atoms with van der Waals surface area (Å²) in [4.78, 5) is 12.5. The number of aromatic hydroxyl groups is 1. The number of ketones is 1. The Labute approximate surface area is 144 Å². The Hall–Kier alpha value is -2.82. The predicted octanol–water partition coefficient (Wildman–Crippen LogP) is 5.33. The lowest BCUT2D eigenvalue weighted by atomic mass is 10.0. The average molecular weight is 342 g/mol. The van der Waals surface area contributed by atoms with Crippen LogP contribution in [0.25, 0.3) is 22.3 Å². The van der Waals surface area contributed by atoms with Crippen LogP contribution in [0.15, 0.2) is 40.8 Å². The number of fused-ring (bicyclic) bond motifs is 1. The van der Waals surface area contributed by atoms with Crippen LogP contribution < -0.4 is 4.74 Å². The lowest BCUT2D eigenvalue weighted by molar-refractivity contribution is 0.0989. The van der Waals surface area contributed by atoms with Crippen LogP contribution >= 0.6 is 0 Å². The third-order valence-corrected chi connectivity index (χ3v) is 3.94. The van der Waals surface area contributed by atoms with Gasteiger partial charge in [-0.3, -0.25) is 4.79 Å². The Morgan fingerprint density at radius 1 is 1.20 bits per heavy atom. The van der Waals surface area contributed by atoms with Crippen molar-refractivity contribution in [3.05, 3.63) is 47.8 Å². The molecule has 25 heavy (non-hydrogen) atoms. The van der Waals surface area contributed by atoms with Crippen LogP contribution in [0.3, 0.4) is 0 Å². The molecular formula is C20H19FO4. The molecule has 1 aromatic heterocycles. The molecule has 0 saturated carbocycles. The van der Waals surface area contributed by atoms with E-state index in [1.165, 1.54) is 18.2 Å². The van der Waals surface area contributed by atoms with Crippen molar-refractivity contribution in [1.82, 2.24) is 0 Å². The summed E-state index contributed by atoms with van der Waals surface area (Å²) in [5.74, 6) is 0.159. The number of furan rings is 1. The SMILES string of the molecule is CCCOc1cc2oc(-c3ccc(F)cc3)c(C(=O)CC)c2cc1O. The zero-order valence-corrected chi connectivity index (χ0v) is 14.1. The van der Waals surface area contributed by atoms with E-state index in [2.05, 4.69) is 0 Å². The molecule has 0 aliphatic rings. The highest BCUT2D eigenvalue weighted by Gasteiger charge is 2.22. The van der Waals surface area contributed by atoms with Crippen molar-refractivity contribution in [3.8, 4) is 22.8 Å². The molecule has 0 radical (unpaired) electrons. The quantitative estimate of drug-likeness (QED) is 0.615. The normalized spacial score (nSPS) is 11.0. The Morgan fingerprint density at radius 2 is 1.92 bits per heavy atom. The Bertz CT molecular complexity index is 910. The smallest absolute Gasteiger partial charge is 0.167 e. The zero-order valence-electron chi connectivity index (χ0n) is 14.1. The molecule has 130 valence electrons. The largest absolute Gasteiger partial charge is 0.504 e. The molecule has 1 N–H and O–H groups in total. The van der Waals surface area contributed by atoms with Gasteiger partial charge < -0.3 is 14.3 Å². The molecule has 0 amide bonds. The van der Waals surface area contributed by atoms with Gasteiger partial charge in [0.05, 0.1) is 12.2 Å². The van der Waals surface area contributed by atoms with Gasteiger partial charge in [0.2, 0.25) is 0 Å². The number of phenols is 1.